The lowest BCUT2D eigenvalue weighted by Crippen LogP contribution is -2.25. The van der Waals surface area contributed by atoms with E-state index in [1.807, 2.05) is 37.3 Å². The van der Waals surface area contributed by atoms with E-state index in [1.54, 1.807) is 6.07 Å². The summed E-state index contributed by atoms with van der Waals surface area (Å²) in [6, 6.07) is 13.9. The molecule has 1 heterocycles. The van der Waals surface area contributed by atoms with Gasteiger partial charge in [0.15, 0.2) is 0 Å². The van der Waals surface area contributed by atoms with Crippen LogP contribution in [-0.2, 0) is 4.74 Å². The minimum absolute atomic E-state index is 0.0547. The van der Waals surface area contributed by atoms with E-state index >= 15 is 0 Å². The van der Waals surface area contributed by atoms with E-state index in [4.69, 9.17) is 4.74 Å². The molecule has 0 aliphatic carbocycles. The fourth-order valence-electron chi connectivity index (χ4n) is 2.68. The van der Waals surface area contributed by atoms with E-state index in [0.717, 1.165) is 11.1 Å². The van der Waals surface area contributed by atoms with Gasteiger partial charge in [-0.1, -0.05) is 43.3 Å². The maximum atomic E-state index is 12.1. The molecule has 2 atom stereocenters. The highest BCUT2D eigenvalue weighted by molar-refractivity contribution is 5.93. The third-order valence-corrected chi connectivity index (χ3v) is 3.77. The molecule has 2 aromatic rings. The average Bonchev–Trinajstić information content (AvgIpc) is 2.51. The first-order valence-electron chi connectivity index (χ1n) is 6.62. The van der Waals surface area contributed by atoms with Crippen LogP contribution in [0.4, 0.5) is 5.69 Å². The lowest BCUT2D eigenvalue weighted by molar-refractivity contribution is -0.384. The van der Waals surface area contributed by atoms with Gasteiger partial charge in [-0.15, -0.1) is 0 Å². The van der Waals surface area contributed by atoms with Crippen molar-refractivity contribution >= 4 is 11.7 Å². The molecule has 0 bridgehead atoms. The van der Waals surface area contributed by atoms with Gasteiger partial charge in [-0.2, -0.15) is 0 Å². The van der Waals surface area contributed by atoms with Crippen LogP contribution in [0.15, 0.2) is 48.5 Å². The van der Waals surface area contributed by atoms with Gasteiger partial charge in [-0.05, 0) is 11.1 Å². The Morgan fingerprint density at radius 2 is 1.86 bits per heavy atom. The maximum absolute atomic E-state index is 12.1. The summed E-state index contributed by atoms with van der Waals surface area (Å²) in [6.07, 6.45) is -0.368. The summed E-state index contributed by atoms with van der Waals surface area (Å²) < 4.78 is 5.48. The standard InChI is InChI=1S/C16H13NO4/c1-10-13-8-7-12(17(19)20)9-14(13)16(18)21-15(10)11-5-3-2-4-6-11/h2-10,15H,1H3/t10-,15-/m1/s1. The molecule has 0 spiro atoms. The van der Waals surface area contributed by atoms with Gasteiger partial charge in [-0.25, -0.2) is 4.79 Å². The van der Waals surface area contributed by atoms with Gasteiger partial charge in [0, 0.05) is 18.1 Å². The van der Waals surface area contributed by atoms with Gasteiger partial charge < -0.3 is 4.74 Å². The normalized spacial score (nSPS) is 20.5. The van der Waals surface area contributed by atoms with Gasteiger partial charge in [0.2, 0.25) is 0 Å². The zero-order chi connectivity index (χ0) is 15.0. The van der Waals surface area contributed by atoms with Crippen LogP contribution in [0.5, 0.6) is 0 Å². The second kappa shape index (κ2) is 5.01. The molecule has 0 saturated carbocycles. The summed E-state index contributed by atoms with van der Waals surface area (Å²) in [7, 11) is 0. The smallest absolute Gasteiger partial charge is 0.339 e. The summed E-state index contributed by atoms with van der Waals surface area (Å²) in [5.41, 5.74) is 1.88. The number of benzene rings is 2. The largest absolute Gasteiger partial charge is 0.453 e. The summed E-state index contributed by atoms with van der Waals surface area (Å²) in [6.45, 7) is 1.95. The van der Waals surface area contributed by atoms with Crippen molar-refractivity contribution in [2.75, 3.05) is 0 Å². The molecule has 5 heteroatoms. The third-order valence-electron chi connectivity index (χ3n) is 3.77. The first-order valence-corrected chi connectivity index (χ1v) is 6.62. The Bertz CT molecular complexity index is 711. The molecule has 0 aromatic heterocycles. The number of carbonyl (C=O) groups excluding carboxylic acids is 1. The van der Waals surface area contributed by atoms with Crippen molar-refractivity contribution in [3.05, 3.63) is 75.3 Å². The van der Waals surface area contributed by atoms with Gasteiger partial charge >= 0.3 is 5.97 Å². The lowest BCUT2D eigenvalue weighted by atomic mass is 9.85. The highest BCUT2D eigenvalue weighted by Gasteiger charge is 2.34. The van der Waals surface area contributed by atoms with Crippen LogP contribution in [-0.4, -0.2) is 10.9 Å². The summed E-state index contributed by atoms with van der Waals surface area (Å²) >= 11 is 0. The van der Waals surface area contributed by atoms with Crippen molar-refractivity contribution < 1.29 is 14.5 Å². The van der Waals surface area contributed by atoms with Crippen LogP contribution in [0, 0.1) is 10.1 Å². The molecule has 2 aromatic carbocycles. The summed E-state index contributed by atoms with van der Waals surface area (Å²) in [4.78, 5) is 22.4. The molecule has 106 valence electrons. The van der Waals surface area contributed by atoms with Crippen LogP contribution in [0.3, 0.4) is 0 Å². The van der Waals surface area contributed by atoms with Crippen molar-refractivity contribution in [3.63, 3.8) is 0 Å². The molecule has 21 heavy (non-hydrogen) atoms. The van der Waals surface area contributed by atoms with Gasteiger partial charge in [-0.3, -0.25) is 10.1 Å². The number of esters is 1. The topological polar surface area (TPSA) is 69.4 Å². The molecule has 0 amide bonds. The van der Waals surface area contributed by atoms with Crippen LogP contribution < -0.4 is 0 Å². The molecule has 0 radical (unpaired) electrons. The van der Waals surface area contributed by atoms with E-state index in [2.05, 4.69) is 0 Å². The quantitative estimate of drug-likeness (QED) is 0.479. The lowest BCUT2D eigenvalue weighted by Gasteiger charge is -2.30. The number of nitrogens with zero attached hydrogens (tertiary/aromatic N) is 1. The predicted octanol–water partition coefficient (Wildman–Crippen LogP) is 3.61. The SMILES string of the molecule is C[C@@H]1c2ccc([N+](=O)[O-])cc2C(=O)O[C@H]1c1ccccc1. The van der Waals surface area contributed by atoms with Crippen LogP contribution in [0.25, 0.3) is 0 Å². The van der Waals surface area contributed by atoms with Crippen molar-refractivity contribution in [1.82, 2.24) is 0 Å². The van der Waals surface area contributed by atoms with Gasteiger partial charge in [0.1, 0.15) is 6.10 Å². The van der Waals surface area contributed by atoms with Gasteiger partial charge in [0.25, 0.3) is 5.69 Å². The molecular weight excluding hydrogens is 270 g/mol. The number of fused-ring (bicyclic) bond motifs is 1. The number of ether oxygens (including phenoxy) is 1. The Morgan fingerprint density at radius 3 is 2.52 bits per heavy atom. The Hall–Kier alpha value is -2.69. The zero-order valence-electron chi connectivity index (χ0n) is 11.4. The fourth-order valence-corrected chi connectivity index (χ4v) is 2.68. The summed E-state index contributed by atoms with van der Waals surface area (Å²) in [5.74, 6) is -0.568. The van der Waals surface area contributed by atoms with Crippen molar-refractivity contribution in [2.24, 2.45) is 0 Å². The highest BCUT2D eigenvalue weighted by atomic mass is 16.6. The van der Waals surface area contributed by atoms with Crippen LogP contribution in [0.1, 0.15) is 40.4 Å². The number of carbonyl (C=O) groups is 1. The number of hydrogen-bond donors (Lipinski definition) is 0. The van der Waals surface area contributed by atoms with Crippen LogP contribution >= 0.6 is 0 Å². The second-order valence-corrected chi connectivity index (χ2v) is 5.05. The Kier molecular flexibility index (Phi) is 3.17. The molecule has 0 fully saturated rings. The van der Waals surface area contributed by atoms with E-state index in [1.165, 1.54) is 12.1 Å². The van der Waals surface area contributed by atoms with Crippen molar-refractivity contribution in [1.29, 1.82) is 0 Å². The average molecular weight is 283 g/mol. The Morgan fingerprint density at radius 1 is 1.14 bits per heavy atom. The number of hydrogen-bond acceptors (Lipinski definition) is 4. The Balaban J connectivity index is 2.04. The second-order valence-electron chi connectivity index (χ2n) is 5.05. The van der Waals surface area contributed by atoms with Crippen molar-refractivity contribution in [2.45, 2.75) is 18.9 Å². The van der Waals surface area contributed by atoms with E-state index < -0.39 is 10.9 Å². The Labute approximate surface area is 121 Å². The summed E-state index contributed by atoms with van der Waals surface area (Å²) in [5, 5.41) is 10.8. The molecule has 0 unspecified atom stereocenters. The molecule has 0 saturated heterocycles. The molecule has 3 rings (SSSR count). The number of non-ortho nitro benzene ring substituents is 1. The fraction of sp³-hybridized carbons (Fsp3) is 0.188. The van der Waals surface area contributed by atoms with Gasteiger partial charge in [0.05, 0.1) is 10.5 Å². The number of cyclic esters (lactones) is 1. The molecule has 5 nitrogen and oxygen atoms in total. The minimum Gasteiger partial charge on any atom is -0.453 e. The zero-order valence-corrected chi connectivity index (χ0v) is 11.4. The monoisotopic (exact) mass is 283 g/mol. The number of rotatable bonds is 2. The first-order chi connectivity index (χ1) is 10.1. The van der Waals surface area contributed by atoms with E-state index in [-0.39, 0.29) is 23.3 Å². The first kappa shape index (κ1) is 13.3. The maximum Gasteiger partial charge on any atom is 0.339 e. The third kappa shape index (κ3) is 2.27. The predicted molar refractivity (Wildman–Crippen MR) is 76.1 cm³/mol. The number of nitro benzene ring substituents is 1. The van der Waals surface area contributed by atoms with Crippen molar-refractivity contribution in [3.8, 4) is 0 Å². The molecule has 1 aliphatic rings. The van der Waals surface area contributed by atoms with Crippen LogP contribution in [0.2, 0.25) is 0 Å². The number of nitro groups is 1. The molecular formula is C16H13NO4. The van der Waals surface area contributed by atoms with E-state index in [0.29, 0.717) is 0 Å². The molecule has 0 N–H and O–H groups in total. The minimum atomic E-state index is -0.513. The molecule has 1 aliphatic heterocycles. The highest BCUT2D eigenvalue weighted by Crippen LogP contribution is 2.41. The van der Waals surface area contributed by atoms with E-state index in [9.17, 15) is 14.9 Å².